The van der Waals surface area contributed by atoms with Crippen LogP contribution in [0, 0.1) is 0 Å². The lowest BCUT2D eigenvalue weighted by atomic mass is 10.1. The van der Waals surface area contributed by atoms with Gasteiger partial charge in [0.2, 0.25) is 0 Å². The van der Waals surface area contributed by atoms with Crippen LogP contribution in [0.3, 0.4) is 0 Å². The molecule has 0 aliphatic carbocycles. The molecule has 25 heavy (non-hydrogen) atoms. The van der Waals surface area contributed by atoms with E-state index in [-0.39, 0.29) is 10.8 Å². The first-order valence-electron chi connectivity index (χ1n) is 9.06. The monoisotopic (exact) mass is 363 g/mol. The second kappa shape index (κ2) is 7.56. The number of fused-ring (bicyclic) bond motifs is 3. The van der Waals surface area contributed by atoms with Gasteiger partial charge in [-0.2, -0.15) is 8.42 Å². The maximum atomic E-state index is 12.6. The van der Waals surface area contributed by atoms with Crippen LogP contribution in [0.5, 0.6) is 0 Å². The predicted octanol–water partition coefficient (Wildman–Crippen LogP) is 3.09. The quantitative estimate of drug-likeness (QED) is 0.816. The number of nitrogens with one attached hydrogen (secondary N) is 1. The topological polar surface area (TPSA) is 78.8 Å². The fourth-order valence-electron chi connectivity index (χ4n) is 3.30. The van der Waals surface area contributed by atoms with Crippen molar-refractivity contribution in [3.8, 4) is 0 Å². The first-order chi connectivity index (χ1) is 12.0. The maximum absolute atomic E-state index is 12.6. The number of amides is 1. The van der Waals surface area contributed by atoms with Crippen molar-refractivity contribution >= 4 is 27.5 Å². The van der Waals surface area contributed by atoms with Crippen molar-refractivity contribution in [2.75, 3.05) is 18.0 Å². The van der Waals surface area contributed by atoms with Crippen LogP contribution in [0.15, 0.2) is 27.5 Å². The minimum absolute atomic E-state index is 0.138. The van der Waals surface area contributed by atoms with E-state index in [9.17, 15) is 13.2 Å². The average molecular weight is 363 g/mol. The molecule has 6 nitrogen and oxygen atoms in total. The van der Waals surface area contributed by atoms with E-state index in [1.807, 2.05) is 4.90 Å². The molecule has 1 aromatic rings. The number of sulfonamides is 1. The van der Waals surface area contributed by atoms with Gasteiger partial charge in [0.05, 0.1) is 5.69 Å². The molecule has 0 atom stereocenters. The Kier molecular flexibility index (Phi) is 5.42. The van der Waals surface area contributed by atoms with E-state index in [0.29, 0.717) is 30.1 Å². The van der Waals surface area contributed by atoms with Gasteiger partial charge in [-0.05, 0) is 37.5 Å². The molecule has 1 amide bonds. The summed E-state index contributed by atoms with van der Waals surface area (Å²) in [6, 6.07) is 4.91. The van der Waals surface area contributed by atoms with Crippen molar-refractivity contribution in [1.29, 1.82) is 0 Å². The van der Waals surface area contributed by atoms with E-state index in [1.165, 1.54) is 6.07 Å². The van der Waals surface area contributed by atoms with Gasteiger partial charge in [-0.1, -0.05) is 26.2 Å². The zero-order valence-corrected chi connectivity index (χ0v) is 15.4. The minimum Gasteiger partial charge on any atom is -0.352 e. The van der Waals surface area contributed by atoms with Gasteiger partial charge in [-0.3, -0.25) is 4.79 Å². The van der Waals surface area contributed by atoms with Crippen LogP contribution in [0.2, 0.25) is 0 Å². The summed E-state index contributed by atoms with van der Waals surface area (Å²) in [5.74, 6) is 0.390. The molecule has 0 spiro atoms. The number of hydrogen-bond donors (Lipinski definition) is 1. The third-order valence-corrected chi connectivity index (χ3v) is 6.01. The van der Waals surface area contributed by atoms with E-state index in [4.69, 9.17) is 0 Å². The summed E-state index contributed by atoms with van der Waals surface area (Å²) < 4.78 is 29.1. The molecule has 0 aromatic heterocycles. The predicted molar refractivity (Wildman–Crippen MR) is 98.7 cm³/mol. The Labute approximate surface area is 149 Å². The Morgan fingerprint density at radius 2 is 2.08 bits per heavy atom. The van der Waals surface area contributed by atoms with Crippen molar-refractivity contribution in [2.45, 2.75) is 56.8 Å². The molecule has 0 radical (unpaired) electrons. The number of unbranched alkanes of at least 4 members (excludes halogenated alkanes) is 2. The summed E-state index contributed by atoms with van der Waals surface area (Å²) >= 11 is 0. The Balaban J connectivity index is 1.87. The molecule has 1 saturated heterocycles. The number of hydrogen-bond acceptors (Lipinski definition) is 4. The molecular formula is C18H25N3O3S. The fourth-order valence-corrected chi connectivity index (χ4v) is 4.58. The molecule has 2 heterocycles. The van der Waals surface area contributed by atoms with Gasteiger partial charge >= 0.3 is 0 Å². The van der Waals surface area contributed by atoms with Crippen LogP contribution in [0.25, 0.3) is 0 Å². The number of amidine groups is 1. The maximum Gasteiger partial charge on any atom is 0.286 e. The lowest BCUT2D eigenvalue weighted by Gasteiger charge is -2.29. The molecule has 1 fully saturated rings. The van der Waals surface area contributed by atoms with Crippen molar-refractivity contribution in [1.82, 2.24) is 5.32 Å². The minimum atomic E-state index is -3.75. The largest absolute Gasteiger partial charge is 0.352 e. The summed E-state index contributed by atoms with van der Waals surface area (Å²) in [5.41, 5.74) is 1.02. The van der Waals surface area contributed by atoms with Gasteiger partial charge in [0.15, 0.2) is 0 Å². The highest BCUT2D eigenvalue weighted by Gasteiger charge is 2.32. The standard InChI is InChI=1S/C18H25N3O3S/c1-2-3-6-11-19-18(22)14-9-10-15-16(13-14)25(23,24)20-17-8-5-4-7-12-21(15)17/h9-10,13H,2-8,11-12H2,1H3,(H,19,22). The highest BCUT2D eigenvalue weighted by Crippen LogP contribution is 2.34. The number of carbonyl (C=O) groups is 1. The third-order valence-electron chi connectivity index (χ3n) is 4.68. The van der Waals surface area contributed by atoms with Gasteiger partial charge in [-0.15, -0.1) is 4.40 Å². The van der Waals surface area contributed by atoms with E-state index in [2.05, 4.69) is 16.6 Å². The number of benzene rings is 1. The first kappa shape index (κ1) is 17.9. The molecule has 1 N–H and O–H groups in total. The average Bonchev–Trinajstić information content (AvgIpc) is 2.83. The summed E-state index contributed by atoms with van der Waals surface area (Å²) in [7, 11) is -3.75. The fraction of sp³-hybridized carbons (Fsp3) is 0.556. The second-order valence-electron chi connectivity index (χ2n) is 6.59. The van der Waals surface area contributed by atoms with E-state index in [0.717, 1.165) is 45.1 Å². The molecule has 0 saturated carbocycles. The Morgan fingerprint density at radius 1 is 1.24 bits per heavy atom. The molecule has 7 heteroatoms. The molecule has 136 valence electrons. The molecule has 2 aliphatic heterocycles. The number of carbonyl (C=O) groups excluding carboxylic acids is 1. The molecule has 0 bridgehead atoms. The van der Waals surface area contributed by atoms with E-state index in [1.54, 1.807) is 12.1 Å². The SMILES string of the molecule is CCCCCNC(=O)c1ccc2c(c1)S(=O)(=O)N=C1CCCCCN12. The summed E-state index contributed by atoms with van der Waals surface area (Å²) in [6.07, 6.45) is 6.79. The summed E-state index contributed by atoms with van der Waals surface area (Å²) in [6.45, 7) is 3.47. The second-order valence-corrected chi connectivity index (χ2v) is 8.16. The Morgan fingerprint density at radius 3 is 2.88 bits per heavy atom. The van der Waals surface area contributed by atoms with Crippen molar-refractivity contribution in [2.24, 2.45) is 4.40 Å². The van der Waals surface area contributed by atoms with Crippen molar-refractivity contribution < 1.29 is 13.2 Å². The lowest BCUT2D eigenvalue weighted by Crippen LogP contribution is -2.35. The zero-order chi connectivity index (χ0) is 17.9. The lowest BCUT2D eigenvalue weighted by molar-refractivity contribution is 0.0953. The van der Waals surface area contributed by atoms with Crippen LogP contribution < -0.4 is 10.2 Å². The van der Waals surface area contributed by atoms with Gasteiger partial charge in [0.25, 0.3) is 15.9 Å². The summed E-state index contributed by atoms with van der Waals surface area (Å²) in [5, 5.41) is 2.85. The first-order valence-corrected chi connectivity index (χ1v) is 10.5. The molecule has 0 unspecified atom stereocenters. The van der Waals surface area contributed by atoms with Gasteiger partial charge in [0, 0.05) is 25.1 Å². The Bertz CT molecular complexity index is 787. The third kappa shape index (κ3) is 3.86. The van der Waals surface area contributed by atoms with Crippen LogP contribution in [0.4, 0.5) is 5.69 Å². The highest BCUT2D eigenvalue weighted by atomic mass is 32.2. The molecule has 2 aliphatic rings. The van der Waals surface area contributed by atoms with Gasteiger partial charge < -0.3 is 10.2 Å². The van der Waals surface area contributed by atoms with Gasteiger partial charge in [0.1, 0.15) is 10.7 Å². The van der Waals surface area contributed by atoms with E-state index >= 15 is 0 Å². The molecular weight excluding hydrogens is 338 g/mol. The number of rotatable bonds is 5. The van der Waals surface area contributed by atoms with Crippen molar-refractivity contribution in [3.63, 3.8) is 0 Å². The smallest absolute Gasteiger partial charge is 0.286 e. The highest BCUT2D eigenvalue weighted by molar-refractivity contribution is 7.90. The van der Waals surface area contributed by atoms with Crippen LogP contribution in [0.1, 0.15) is 62.2 Å². The van der Waals surface area contributed by atoms with E-state index < -0.39 is 10.0 Å². The normalized spacial score (nSPS) is 18.6. The molecule has 3 rings (SSSR count). The van der Waals surface area contributed by atoms with Crippen LogP contribution in [-0.4, -0.2) is 33.3 Å². The van der Waals surface area contributed by atoms with Crippen molar-refractivity contribution in [3.05, 3.63) is 23.8 Å². The number of anilines is 1. The number of nitrogens with zero attached hydrogens (tertiary/aromatic N) is 2. The Hall–Kier alpha value is -1.89. The van der Waals surface area contributed by atoms with Crippen LogP contribution in [-0.2, 0) is 10.0 Å². The van der Waals surface area contributed by atoms with Gasteiger partial charge in [-0.25, -0.2) is 0 Å². The zero-order valence-electron chi connectivity index (χ0n) is 14.6. The summed E-state index contributed by atoms with van der Waals surface area (Å²) in [4.78, 5) is 14.4. The van der Waals surface area contributed by atoms with Crippen LogP contribution >= 0.6 is 0 Å². The molecule has 1 aromatic carbocycles.